The summed E-state index contributed by atoms with van der Waals surface area (Å²) < 4.78 is 13.3. The molecule has 0 saturated heterocycles. The number of carbonyl (C=O) groups is 2. The second-order valence-corrected chi connectivity index (χ2v) is 3.53. The molecule has 0 N–H and O–H groups in total. The number of esters is 2. The van der Waals surface area contributed by atoms with Crippen molar-refractivity contribution in [3.63, 3.8) is 0 Å². The van der Waals surface area contributed by atoms with E-state index in [-0.39, 0.29) is 18.2 Å². The molecular formula is C9H12N2O4S. The zero-order valence-electron chi connectivity index (χ0n) is 9.00. The molecule has 0 aliphatic rings. The van der Waals surface area contributed by atoms with Crippen LogP contribution < -0.4 is 0 Å². The molecule has 0 spiro atoms. The lowest BCUT2D eigenvalue weighted by Crippen LogP contribution is -2.26. The fourth-order valence-corrected chi connectivity index (χ4v) is 1.65. The van der Waals surface area contributed by atoms with Crippen molar-refractivity contribution in [3.05, 3.63) is 11.3 Å². The van der Waals surface area contributed by atoms with Gasteiger partial charge in [-0.25, -0.2) is 4.98 Å². The normalized spacial score (nSPS) is 10.2. The lowest BCUT2D eigenvalue weighted by atomic mass is 10.1. The van der Waals surface area contributed by atoms with Crippen LogP contribution in [0.1, 0.15) is 24.8 Å². The van der Waals surface area contributed by atoms with Crippen LogP contribution in [-0.4, -0.2) is 34.5 Å². The summed E-state index contributed by atoms with van der Waals surface area (Å²) in [5.74, 6) is -2.43. The second kappa shape index (κ2) is 6.16. The van der Waals surface area contributed by atoms with Crippen LogP contribution in [0.2, 0.25) is 0 Å². The summed E-state index contributed by atoms with van der Waals surface area (Å²) in [6.07, 6.45) is 1.28. The molecule has 1 aromatic heterocycles. The summed E-state index contributed by atoms with van der Waals surface area (Å²) in [4.78, 5) is 27.0. The molecule has 0 fully saturated rings. The first kappa shape index (κ1) is 12.6. The molecule has 1 heterocycles. The third kappa shape index (κ3) is 2.99. The summed E-state index contributed by atoms with van der Waals surface area (Å²) in [5.41, 5.74) is 0. The Morgan fingerprint density at radius 3 is 2.25 bits per heavy atom. The minimum atomic E-state index is -1.12. The molecule has 88 valence electrons. The quantitative estimate of drug-likeness (QED) is 0.561. The fourth-order valence-electron chi connectivity index (χ4n) is 1.06. The van der Waals surface area contributed by atoms with Gasteiger partial charge in [0.1, 0.15) is 11.3 Å². The molecule has 0 aromatic carbocycles. The van der Waals surface area contributed by atoms with E-state index < -0.39 is 17.9 Å². The molecule has 1 aromatic rings. The number of rotatable bonds is 5. The van der Waals surface area contributed by atoms with Gasteiger partial charge in [0.15, 0.2) is 0 Å². The van der Waals surface area contributed by atoms with Gasteiger partial charge in [0.25, 0.3) is 0 Å². The SMILES string of the molecule is CCOC(=O)C(C(=O)OCC)c1ncns1. The molecular weight excluding hydrogens is 232 g/mol. The van der Waals surface area contributed by atoms with E-state index in [9.17, 15) is 9.59 Å². The van der Waals surface area contributed by atoms with E-state index in [0.717, 1.165) is 11.5 Å². The Balaban J connectivity index is 2.85. The van der Waals surface area contributed by atoms with Crippen LogP contribution in [0.3, 0.4) is 0 Å². The van der Waals surface area contributed by atoms with Crippen molar-refractivity contribution in [3.8, 4) is 0 Å². The first-order valence-electron chi connectivity index (χ1n) is 4.80. The number of hydrogen-bond donors (Lipinski definition) is 0. The minimum Gasteiger partial charge on any atom is -0.465 e. The zero-order chi connectivity index (χ0) is 12.0. The van der Waals surface area contributed by atoms with Gasteiger partial charge in [0.05, 0.1) is 13.2 Å². The van der Waals surface area contributed by atoms with Crippen LogP contribution in [-0.2, 0) is 19.1 Å². The Hall–Kier alpha value is -1.50. The highest BCUT2D eigenvalue weighted by Gasteiger charge is 2.34. The van der Waals surface area contributed by atoms with Gasteiger partial charge in [-0.2, -0.15) is 4.37 Å². The Morgan fingerprint density at radius 1 is 1.31 bits per heavy atom. The predicted molar refractivity (Wildman–Crippen MR) is 55.9 cm³/mol. The molecule has 0 atom stereocenters. The van der Waals surface area contributed by atoms with Crippen molar-refractivity contribution < 1.29 is 19.1 Å². The molecule has 0 unspecified atom stereocenters. The highest BCUT2D eigenvalue weighted by molar-refractivity contribution is 7.05. The lowest BCUT2D eigenvalue weighted by molar-refractivity contribution is -0.156. The maximum absolute atomic E-state index is 11.6. The van der Waals surface area contributed by atoms with Crippen LogP contribution in [0.5, 0.6) is 0 Å². The van der Waals surface area contributed by atoms with E-state index in [1.807, 2.05) is 0 Å². The average molecular weight is 244 g/mol. The van der Waals surface area contributed by atoms with Gasteiger partial charge in [0.2, 0.25) is 5.92 Å². The van der Waals surface area contributed by atoms with Crippen molar-refractivity contribution in [1.82, 2.24) is 9.36 Å². The first-order chi connectivity index (χ1) is 7.70. The summed E-state index contributed by atoms with van der Waals surface area (Å²) in [7, 11) is 0. The minimum absolute atomic E-state index is 0.202. The van der Waals surface area contributed by atoms with Crippen molar-refractivity contribution in [1.29, 1.82) is 0 Å². The summed E-state index contributed by atoms with van der Waals surface area (Å²) in [6, 6.07) is 0. The highest BCUT2D eigenvalue weighted by atomic mass is 32.1. The van der Waals surface area contributed by atoms with Crippen molar-refractivity contribution >= 4 is 23.5 Å². The van der Waals surface area contributed by atoms with Crippen LogP contribution in [0, 0.1) is 0 Å². The maximum Gasteiger partial charge on any atom is 0.327 e. The van der Waals surface area contributed by atoms with Crippen LogP contribution in [0.4, 0.5) is 0 Å². The van der Waals surface area contributed by atoms with E-state index in [0.29, 0.717) is 0 Å². The maximum atomic E-state index is 11.6. The van der Waals surface area contributed by atoms with Crippen molar-refractivity contribution in [2.24, 2.45) is 0 Å². The third-order valence-electron chi connectivity index (χ3n) is 1.67. The molecule has 0 bridgehead atoms. The van der Waals surface area contributed by atoms with Gasteiger partial charge >= 0.3 is 11.9 Å². The Kier molecular flexibility index (Phi) is 4.84. The smallest absolute Gasteiger partial charge is 0.327 e. The number of ether oxygens (including phenoxy) is 2. The molecule has 0 aliphatic carbocycles. The van der Waals surface area contributed by atoms with E-state index >= 15 is 0 Å². The summed E-state index contributed by atoms with van der Waals surface area (Å²) in [5, 5.41) is 0.289. The molecule has 16 heavy (non-hydrogen) atoms. The molecule has 6 nitrogen and oxygen atoms in total. The summed E-state index contributed by atoms with van der Waals surface area (Å²) in [6.45, 7) is 3.74. The molecule has 1 rings (SSSR count). The van der Waals surface area contributed by atoms with E-state index in [1.54, 1.807) is 13.8 Å². The standard InChI is InChI=1S/C9H12N2O4S/c1-3-14-8(12)6(9(13)15-4-2)7-10-5-11-16-7/h5-6H,3-4H2,1-2H3. The molecule has 0 saturated carbocycles. The van der Waals surface area contributed by atoms with Gasteiger partial charge in [-0.3, -0.25) is 9.59 Å². The number of nitrogens with zero attached hydrogens (tertiary/aromatic N) is 2. The average Bonchev–Trinajstić information content (AvgIpc) is 2.72. The number of hydrogen-bond acceptors (Lipinski definition) is 7. The largest absolute Gasteiger partial charge is 0.465 e. The highest BCUT2D eigenvalue weighted by Crippen LogP contribution is 2.20. The Morgan fingerprint density at radius 2 is 1.88 bits per heavy atom. The van der Waals surface area contributed by atoms with E-state index in [4.69, 9.17) is 9.47 Å². The van der Waals surface area contributed by atoms with Gasteiger partial charge in [-0.15, -0.1) is 0 Å². The van der Waals surface area contributed by atoms with Gasteiger partial charge in [0, 0.05) is 0 Å². The van der Waals surface area contributed by atoms with E-state index in [2.05, 4.69) is 9.36 Å². The molecule has 7 heteroatoms. The van der Waals surface area contributed by atoms with Gasteiger partial charge < -0.3 is 9.47 Å². The summed E-state index contributed by atoms with van der Waals surface area (Å²) >= 11 is 0.977. The zero-order valence-corrected chi connectivity index (χ0v) is 9.82. The molecule has 0 amide bonds. The predicted octanol–water partition coefficient (Wildman–Crippen LogP) is 0.748. The Bertz CT molecular complexity index is 334. The van der Waals surface area contributed by atoms with Crippen molar-refractivity contribution in [2.45, 2.75) is 19.8 Å². The lowest BCUT2D eigenvalue weighted by Gasteiger charge is -2.11. The Labute approximate surface area is 96.8 Å². The molecule has 0 radical (unpaired) electrons. The topological polar surface area (TPSA) is 78.4 Å². The number of aromatic nitrogens is 2. The van der Waals surface area contributed by atoms with Gasteiger partial charge in [-0.1, -0.05) is 0 Å². The van der Waals surface area contributed by atoms with Crippen LogP contribution >= 0.6 is 11.5 Å². The van der Waals surface area contributed by atoms with Gasteiger partial charge in [-0.05, 0) is 25.4 Å². The van der Waals surface area contributed by atoms with Crippen molar-refractivity contribution in [2.75, 3.05) is 13.2 Å². The monoisotopic (exact) mass is 244 g/mol. The second-order valence-electron chi connectivity index (χ2n) is 2.72. The van der Waals surface area contributed by atoms with E-state index in [1.165, 1.54) is 6.33 Å². The molecule has 0 aliphatic heterocycles. The van der Waals surface area contributed by atoms with Crippen LogP contribution in [0.25, 0.3) is 0 Å². The van der Waals surface area contributed by atoms with Crippen LogP contribution in [0.15, 0.2) is 6.33 Å². The fraction of sp³-hybridized carbons (Fsp3) is 0.556. The number of carbonyl (C=O) groups excluding carboxylic acids is 2. The first-order valence-corrected chi connectivity index (χ1v) is 5.57. The third-order valence-corrected chi connectivity index (χ3v) is 2.40.